The summed E-state index contributed by atoms with van der Waals surface area (Å²) in [6.45, 7) is 1.93. The highest BCUT2D eigenvalue weighted by molar-refractivity contribution is 7.90. The van der Waals surface area contributed by atoms with E-state index in [0.29, 0.717) is 6.42 Å². The minimum atomic E-state index is -3.23. The summed E-state index contributed by atoms with van der Waals surface area (Å²) in [5.41, 5.74) is 3.57. The molecule has 0 spiro atoms. The van der Waals surface area contributed by atoms with Gasteiger partial charge in [0.05, 0.1) is 10.9 Å². The van der Waals surface area contributed by atoms with E-state index >= 15 is 0 Å². The summed E-state index contributed by atoms with van der Waals surface area (Å²) in [6.07, 6.45) is 6.50. The average Bonchev–Trinajstić information content (AvgIpc) is 2.69. The van der Waals surface area contributed by atoms with E-state index < -0.39 is 9.84 Å². The number of hydrogen-bond donors (Lipinski definition) is 1. The van der Waals surface area contributed by atoms with Crippen LogP contribution < -0.4 is 10.1 Å². The van der Waals surface area contributed by atoms with E-state index in [1.807, 2.05) is 19.1 Å². The largest absolute Gasteiger partial charge is 0.484 e. The number of amides is 1. The monoisotopic (exact) mass is 401 g/mol. The van der Waals surface area contributed by atoms with Crippen LogP contribution in [0.15, 0.2) is 47.4 Å². The van der Waals surface area contributed by atoms with Crippen molar-refractivity contribution in [1.82, 2.24) is 5.32 Å². The first kappa shape index (κ1) is 20.4. The number of carbonyl (C=O) groups is 1. The second-order valence-corrected chi connectivity index (χ2v) is 9.31. The maximum atomic E-state index is 12.3. The number of benzene rings is 2. The van der Waals surface area contributed by atoms with Gasteiger partial charge in [-0.3, -0.25) is 4.79 Å². The van der Waals surface area contributed by atoms with Crippen LogP contribution in [0.25, 0.3) is 0 Å². The van der Waals surface area contributed by atoms with Crippen molar-refractivity contribution in [2.24, 2.45) is 0 Å². The topological polar surface area (TPSA) is 72.5 Å². The van der Waals surface area contributed by atoms with Gasteiger partial charge >= 0.3 is 0 Å². The summed E-state index contributed by atoms with van der Waals surface area (Å²) in [5.74, 6) is 0.526. The minimum absolute atomic E-state index is 0.0449. The molecule has 1 atom stereocenters. The third kappa shape index (κ3) is 5.13. The lowest BCUT2D eigenvalue weighted by Gasteiger charge is -2.19. The lowest BCUT2D eigenvalue weighted by molar-refractivity contribution is -0.123. The van der Waals surface area contributed by atoms with Crippen LogP contribution in [-0.4, -0.2) is 27.2 Å². The van der Waals surface area contributed by atoms with Crippen molar-refractivity contribution >= 4 is 15.7 Å². The van der Waals surface area contributed by atoms with E-state index in [-0.39, 0.29) is 23.5 Å². The summed E-state index contributed by atoms with van der Waals surface area (Å²) >= 11 is 0. The molecule has 150 valence electrons. The van der Waals surface area contributed by atoms with Crippen molar-refractivity contribution in [1.29, 1.82) is 0 Å². The molecular weight excluding hydrogens is 374 g/mol. The Hall–Kier alpha value is -2.34. The summed E-state index contributed by atoms with van der Waals surface area (Å²) in [7, 11) is -3.23. The van der Waals surface area contributed by atoms with Gasteiger partial charge in [0.2, 0.25) is 0 Å². The summed E-state index contributed by atoms with van der Waals surface area (Å²) in [6, 6.07) is 12.5. The predicted molar refractivity (Wildman–Crippen MR) is 109 cm³/mol. The van der Waals surface area contributed by atoms with E-state index in [9.17, 15) is 13.2 Å². The second kappa shape index (κ2) is 8.78. The highest BCUT2D eigenvalue weighted by Crippen LogP contribution is 2.25. The number of aryl methyl sites for hydroxylation is 2. The molecule has 0 bridgehead atoms. The van der Waals surface area contributed by atoms with Crippen molar-refractivity contribution in [3.8, 4) is 5.75 Å². The van der Waals surface area contributed by atoms with Crippen LogP contribution in [0.5, 0.6) is 5.75 Å². The first-order valence-corrected chi connectivity index (χ1v) is 11.6. The quantitative estimate of drug-likeness (QED) is 0.769. The van der Waals surface area contributed by atoms with Crippen LogP contribution in [0.4, 0.5) is 0 Å². The Kier molecular flexibility index (Phi) is 6.39. The van der Waals surface area contributed by atoms with Crippen molar-refractivity contribution in [3.63, 3.8) is 0 Å². The third-order valence-corrected chi connectivity index (χ3v) is 6.27. The van der Waals surface area contributed by atoms with E-state index in [0.717, 1.165) is 24.2 Å². The second-order valence-electron chi connectivity index (χ2n) is 7.30. The van der Waals surface area contributed by atoms with Gasteiger partial charge in [-0.25, -0.2) is 8.42 Å². The Morgan fingerprint density at radius 3 is 2.39 bits per heavy atom. The smallest absolute Gasteiger partial charge is 0.258 e. The van der Waals surface area contributed by atoms with Gasteiger partial charge in [0.25, 0.3) is 5.91 Å². The van der Waals surface area contributed by atoms with Crippen molar-refractivity contribution in [2.45, 2.75) is 50.0 Å². The number of hydrogen-bond acceptors (Lipinski definition) is 4. The minimum Gasteiger partial charge on any atom is -0.484 e. The molecule has 0 aliphatic heterocycles. The summed E-state index contributed by atoms with van der Waals surface area (Å²) in [4.78, 5) is 12.6. The number of rotatable bonds is 7. The van der Waals surface area contributed by atoms with Gasteiger partial charge in [-0.15, -0.1) is 0 Å². The van der Waals surface area contributed by atoms with Gasteiger partial charge in [0.1, 0.15) is 5.75 Å². The molecule has 2 aromatic rings. The molecule has 1 aliphatic rings. The van der Waals surface area contributed by atoms with Gasteiger partial charge in [-0.05, 0) is 73.1 Å². The van der Waals surface area contributed by atoms with E-state index in [1.54, 1.807) is 24.3 Å². The number of sulfone groups is 1. The van der Waals surface area contributed by atoms with Gasteiger partial charge in [-0.2, -0.15) is 0 Å². The molecule has 3 rings (SSSR count). The van der Waals surface area contributed by atoms with Crippen LogP contribution in [0.2, 0.25) is 0 Å². The van der Waals surface area contributed by atoms with Gasteiger partial charge in [-0.1, -0.05) is 25.1 Å². The lowest BCUT2D eigenvalue weighted by atomic mass is 9.92. The van der Waals surface area contributed by atoms with Crippen LogP contribution in [0.1, 0.15) is 48.9 Å². The molecule has 1 amide bonds. The molecule has 6 heteroatoms. The lowest BCUT2D eigenvalue weighted by Crippen LogP contribution is -2.32. The van der Waals surface area contributed by atoms with Gasteiger partial charge < -0.3 is 10.1 Å². The Bertz CT molecular complexity index is 936. The molecule has 5 nitrogen and oxygen atoms in total. The first-order valence-electron chi connectivity index (χ1n) is 9.71. The van der Waals surface area contributed by atoms with Crippen LogP contribution in [0.3, 0.4) is 0 Å². The Morgan fingerprint density at radius 1 is 1.07 bits per heavy atom. The zero-order valence-corrected chi connectivity index (χ0v) is 17.2. The fourth-order valence-electron chi connectivity index (χ4n) is 3.55. The molecule has 1 unspecified atom stereocenters. The molecule has 0 aromatic heterocycles. The summed E-state index contributed by atoms with van der Waals surface area (Å²) in [5, 5.41) is 2.96. The zero-order valence-electron chi connectivity index (χ0n) is 16.4. The standard InChI is InChI=1S/C22H27NO4S/c1-3-21(17-9-12-20(13-10-17)28(2,25)26)23-22(24)15-27-19-11-8-16-6-4-5-7-18(16)14-19/h8-14,21H,3-7,15H2,1-2H3,(H,23,24). The van der Waals surface area contributed by atoms with Crippen LogP contribution >= 0.6 is 0 Å². The van der Waals surface area contributed by atoms with Gasteiger partial charge in [0.15, 0.2) is 16.4 Å². The van der Waals surface area contributed by atoms with E-state index in [2.05, 4.69) is 11.4 Å². The molecule has 1 N–H and O–H groups in total. The molecule has 0 saturated heterocycles. The highest BCUT2D eigenvalue weighted by Gasteiger charge is 2.15. The van der Waals surface area contributed by atoms with Crippen LogP contribution in [-0.2, 0) is 27.5 Å². The molecule has 1 aliphatic carbocycles. The number of carbonyl (C=O) groups excluding carboxylic acids is 1. The molecule has 0 saturated carbocycles. The summed E-state index contributed by atoms with van der Waals surface area (Å²) < 4.78 is 28.9. The predicted octanol–water partition coefficient (Wildman–Crippen LogP) is 3.62. The average molecular weight is 402 g/mol. The Morgan fingerprint density at radius 2 is 1.75 bits per heavy atom. The zero-order chi connectivity index (χ0) is 20.1. The molecule has 0 fully saturated rings. The molecule has 28 heavy (non-hydrogen) atoms. The van der Waals surface area contributed by atoms with Crippen molar-refractivity contribution < 1.29 is 17.9 Å². The Labute approximate surface area is 167 Å². The Balaban J connectivity index is 1.58. The number of ether oxygens (including phenoxy) is 1. The van der Waals surface area contributed by atoms with Gasteiger partial charge in [0, 0.05) is 6.26 Å². The highest BCUT2D eigenvalue weighted by atomic mass is 32.2. The van der Waals surface area contributed by atoms with Crippen LogP contribution in [0, 0.1) is 0 Å². The third-order valence-electron chi connectivity index (χ3n) is 5.14. The maximum absolute atomic E-state index is 12.3. The molecule has 0 radical (unpaired) electrons. The fourth-order valence-corrected chi connectivity index (χ4v) is 4.18. The van der Waals surface area contributed by atoms with E-state index in [1.165, 1.54) is 30.2 Å². The molecule has 0 heterocycles. The first-order chi connectivity index (χ1) is 13.4. The maximum Gasteiger partial charge on any atom is 0.258 e. The van der Waals surface area contributed by atoms with Crippen molar-refractivity contribution in [2.75, 3.05) is 12.9 Å². The normalized spacial score (nSPS) is 14.8. The SMILES string of the molecule is CCC(NC(=O)COc1ccc2c(c1)CCCC2)c1ccc(S(C)(=O)=O)cc1. The molecular formula is C22H27NO4S. The number of fused-ring (bicyclic) bond motifs is 1. The molecule has 2 aromatic carbocycles. The number of nitrogens with one attached hydrogen (secondary N) is 1. The fraction of sp³-hybridized carbons (Fsp3) is 0.409. The van der Waals surface area contributed by atoms with Crippen molar-refractivity contribution in [3.05, 3.63) is 59.2 Å². The van der Waals surface area contributed by atoms with E-state index in [4.69, 9.17) is 4.74 Å².